The molecule has 1 amide bonds. The van der Waals surface area contributed by atoms with Gasteiger partial charge in [-0.05, 0) is 38.7 Å². The molecule has 1 aromatic heterocycles. The van der Waals surface area contributed by atoms with Gasteiger partial charge in [-0.15, -0.1) is 10.2 Å². The Morgan fingerprint density at radius 3 is 2.83 bits per heavy atom. The monoisotopic (exact) mass is 326 g/mol. The number of carbonyl (C=O) groups is 1. The van der Waals surface area contributed by atoms with E-state index in [-0.39, 0.29) is 5.91 Å². The summed E-state index contributed by atoms with van der Waals surface area (Å²) in [5, 5.41) is 8.40. The Labute approximate surface area is 143 Å². The molecule has 0 spiro atoms. The molecule has 1 fully saturated rings. The third-order valence-corrected chi connectivity index (χ3v) is 4.77. The van der Waals surface area contributed by atoms with Crippen LogP contribution in [0.2, 0.25) is 0 Å². The van der Waals surface area contributed by atoms with Gasteiger partial charge in [-0.3, -0.25) is 4.79 Å². The molecule has 128 valence electrons. The number of hydrogen-bond acceptors (Lipinski definition) is 3. The second-order valence-corrected chi connectivity index (χ2v) is 6.85. The van der Waals surface area contributed by atoms with E-state index in [9.17, 15) is 4.79 Å². The van der Waals surface area contributed by atoms with Crippen LogP contribution in [0, 0.1) is 0 Å². The second-order valence-electron chi connectivity index (χ2n) is 6.85. The third-order valence-electron chi connectivity index (χ3n) is 4.77. The number of piperidine rings is 1. The van der Waals surface area contributed by atoms with Crippen LogP contribution in [0.25, 0.3) is 0 Å². The quantitative estimate of drug-likeness (QED) is 0.848. The first-order valence-corrected chi connectivity index (χ1v) is 8.86. The number of hydrogen-bond donors (Lipinski definition) is 0. The van der Waals surface area contributed by atoms with Crippen molar-refractivity contribution in [1.29, 1.82) is 0 Å². The summed E-state index contributed by atoms with van der Waals surface area (Å²) < 4.78 is 2.13. The first-order valence-electron chi connectivity index (χ1n) is 8.86. The van der Waals surface area contributed by atoms with Gasteiger partial charge >= 0.3 is 0 Å². The van der Waals surface area contributed by atoms with Crippen LogP contribution >= 0.6 is 0 Å². The fourth-order valence-electron chi connectivity index (χ4n) is 3.41. The Kier molecular flexibility index (Phi) is 5.28. The number of aromatic nitrogens is 3. The summed E-state index contributed by atoms with van der Waals surface area (Å²) in [6.07, 6.45) is 5.30. The Hall–Kier alpha value is -2.17. The number of amides is 1. The molecule has 0 aliphatic carbocycles. The summed E-state index contributed by atoms with van der Waals surface area (Å²) in [4.78, 5) is 14.6. The molecule has 5 nitrogen and oxygen atoms in total. The van der Waals surface area contributed by atoms with E-state index >= 15 is 0 Å². The van der Waals surface area contributed by atoms with E-state index in [2.05, 4.69) is 40.7 Å². The molecular formula is C19H26N4O. The average Bonchev–Trinajstić information content (AvgIpc) is 3.11. The van der Waals surface area contributed by atoms with Crippen LogP contribution in [-0.4, -0.2) is 38.7 Å². The predicted octanol–water partition coefficient (Wildman–Crippen LogP) is 3.20. The molecule has 1 atom stereocenters. The van der Waals surface area contributed by atoms with Crippen LogP contribution in [0.3, 0.4) is 0 Å². The lowest BCUT2D eigenvalue weighted by molar-refractivity contribution is -0.132. The van der Waals surface area contributed by atoms with E-state index in [1.807, 2.05) is 23.1 Å². The van der Waals surface area contributed by atoms with E-state index in [0.29, 0.717) is 18.4 Å². The highest BCUT2D eigenvalue weighted by Gasteiger charge is 2.28. The summed E-state index contributed by atoms with van der Waals surface area (Å²) in [7, 11) is 0. The average molecular weight is 326 g/mol. The van der Waals surface area contributed by atoms with Gasteiger partial charge in [-0.2, -0.15) is 0 Å². The Morgan fingerprint density at radius 1 is 1.29 bits per heavy atom. The molecule has 5 heteroatoms. The normalized spacial score (nSPS) is 18.1. The van der Waals surface area contributed by atoms with Gasteiger partial charge < -0.3 is 9.47 Å². The van der Waals surface area contributed by atoms with E-state index in [1.54, 1.807) is 6.33 Å². The molecule has 0 bridgehead atoms. The number of likely N-dealkylation sites (tertiary alicyclic amines) is 1. The van der Waals surface area contributed by atoms with Crippen LogP contribution in [0.15, 0.2) is 36.7 Å². The summed E-state index contributed by atoms with van der Waals surface area (Å²) in [5.41, 5.74) is 1.22. The lowest BCUT2D eigenvalue weighted by Gasteiger charge is -2.33. The third kappa shape index (κ3) is 3.83. The zero-order chi connectivity index (χ0) is 16.9. The maximum absolute atomic E-state index is 12.6. The number of nitrogens with zero attached hydrogens (tertiary/aromatic N) is 4. The largest absolute Gasteiger partial charge is 0.342 e. The van der Waals surface area contributed by atoms with Crippen molar-refractivity contribution in [3.05, 3.63) is 48.0 Å². The van der Waals surface area contributed by atoms with Gasteiger partial charge in [0.25, 0.3) is 0 Å². The highest BCUT2D eigenvalue weighted by Crippen LogP contribution is 2.27. The maximum Gasteiger partial charge on any atom is 0.222 e. The summed E-state index contributed by atoms with van der Waals surface area (Å²) in [6.45, 7) is 5.90. The maximum atomic E-state index is 12.6. The van der Waals surface area contributed by atoms with E-state index < -0.39 is 0 Å². The first kappa shape index (κ1) is 16.7. The minimum absolute atomic E-state index is 0.249. The number of carbonyl (C=O) groups excluding carboxylic acids is 1. The fraction of sp³-hybridized carbons (Fsp3) is 0.526. The summed E-state index contributed by atoms with van der Waals surface area (Å²) in [5.74, 6) is 1.56. The number of rotatable bonds is 5. The number of aryl methyl sites for hydroxylation is 1. The molecule has 1 aliphatic rings. The molecule has 0 saturated carbocycles. The van der Waals surface area contributed by atoms with Crippen molar-refractivity contribution < 1.29 is 4.79 Å². The second kappa shape index (κ2) is 7.60. The number of benzene rings is 1. The predicted molar refractivity (Wildman–Crippen MR) is 93.7 cm³/mol. The molecule has 0 radical (unpaired) electrons. The molecular weight excluding hydrogens is 300 g/mol. The van der Waals surface area contributed by atoms with E-state index in [1.165, 1.54) is 5.56 Å². The zero-order valence-electron chi connectivity index (χ0n) is 14.6. The topological polar surface area (TPSA) is 51.0 Å². The van der Waals surface area contributed by atoms with Crippen LogP contribution in [0.4, 0.5) is 0 Å². The Bertz CT molecular complexity index is 665. The van der Waals surface area contributed by atoms with Crippen molar-refractivity contribution in [2.24, 2.45) is 0 Å². The van der Waals surface area contributed by atoms with Crippen molar-refractivity contribution in [3.63, 3.8) is 0 Å². The molecule has 1 aromatic carbocycles. The zero-order valence-corrected chi connectivity index (χ0v) is 14.6. The smallest absolute Gasteiger partial charge is 0.222 e. The lowest BCUT2D eigenvalue weighted by atomic mass is 9.96. The van der Waals surface area contributed by atoms with Gasteiger partial charge in [0.05, 0.1) is 0 Å². The van der Waals surface area contributed by atoms with Crippen molar-refractivity contribution in [2.45, 2.75) is 51.5 Å². The highest BCUT2D eigenvalue weighted by molar-refractivity contribution is 5.76. The SMILES string of the molecule is CC(C)n1cnnc1[C@H]1CCCN(C(=O)CCc2ccccc2)C1. The van der Waals surface area contributed by atoms with Crippen LogP contribution in [-0.2, 0) is 11.2 Å². The standard InChI is InChI=1S/C19H26N4O/c1-15(2)23-14-20-21-19(23)17-9-6-12-22(13-17)18(24)11-10-16-7-4-3-5-8-16/h3-5,7-8,14-15,17H,6,9-13H2,1-2H3/t17-/m0/s1. The minimum Gasteiger partial charge on any atom is -0.342 e. The molecule has 24 heavy (non-hydrogen) atoms. The molecule has 3 rings (SSSR count). The van der Waals surface area contributed by atoms with E-state index in [4.69, 9.17) is 0 Å². The lowest BCUT2D eigenvalue weighted by Crippen LogP contribution is -2.40. The first-order chi connectivity index (χ1) is 11.6. The molecule has 0 N–H and O–H groups in total. The van der Waals surface area contributed by atoms with Crippen LogP contribution in [0.1, 0.15) is 56.5 Å². The Balaban J connectivity index is 1.60. The van der Waals surface area contributed by atoms with Gasteiger partial charge in [0.15, 0.2) is 0 Å². The molecule has 1 aliphatic heterocycles. The molecule has 0 unspecified atom stereocenters. The van der Waals surface area contributed by atoms with Crippen molar-refractivity contribution in [2.75, 3.05) is 13.1 Å². The Morgan fingerprint density at radius 2 is 2.08 bits per heavy atom. The van der Waals surface area contributed by atoms with E-state index in [0.717, 1.165) is 38.2 Å². The highest BCUT2D eigenvalue weighted by atomic mass is 16.2. The van der Waals surface area contributed by atoms with Gasteiger partial charge in [0, 0.05) is 31.5 Å². The van der Waals surface area contributed by atoms with Gasteiger partial charge in [0.2, 0.25) is 5.91 Å². The van der Waals surface area contributed by atoms with Gasteiger partial charge in [0.1, 0.15) is 12.2 Å². The molecule has 2 aromatic rings. The van der Waals surface area contributed by atoms with Gasteiger partial charge in [-0.25, -0.2) is 0 Å². The van der Waals surface area contributed by atoms with Crippen molar-refractivity contribution in [1.82, 2.24) is 19.7 Å². The fourth-order valence-corrected chi connectivity index (χ4v) is 3.41. The van der Waals surface area contributed by atoms with Crippen molar-refractivity contribution >= 4 is 5.91 Å². The van der Waals surface area contributed by atoms with Gasteiger partial charge in [-0.1, -0.05) is 30.3 Å². The summed E-state index contributed by atoms with van der Waals surface area (Å²) >= 11 is 0. The van der Waals surface area contributed by atoms with Crippen LogP contribution in [0.5, 0.6) is 0 Å². The molecule has 1 saturated heterocycles. The van der Waals surface area contributed by atoms with Crippen LogP contribution < -0.4 is 0 Å². The summed E-state index contributed by atoms with van der Waals surface area (Å²) in [6, 6.07) is 10.6. The minimum atomic E-state index is 0.249. The molecule has 2 heterocycles. The van der Waals surface area contributed by atoms with Crippen molar-refractivity contribution in [3.8, 4) is 0 Å².